The largest absolute Gasteiger partial charge is 0.497 e. The number of hydrogen-bond acceptors (Lipinski definition) is 3. The zero-order valence-electron chi connectivity index (χ0n) is 19.7. The van der Waals surface area contributed by atoms with Gasteiger partial charge in [0.2, 0.25) is 11.8 Å². The van der Waals surface area contributed by atoms with Crippen molar-refractivity contribution in [2.75, 3.05) is 23.5 Å². The Morgan fingerprint density at radius 2 is 1.71 bits per heavy atom. The number of likely N-dealkylation sites (N-methyl/N-ethyl adjacent to an activating group) is 1. The van der Waals surface area contributed by atoms with Gasteiger partial charge in [0.15, 0.2) is 0 Å². The highest BCUT2D eigenvalue weighted by molar-refractivity contribution is 6.30. The summed E-state index contributed by atoms with van der Waals surface area (Å²) < 4.78 is 5.22. The first-order chi connectivity index (χ1) is 16.4. The van der Waals surface area contributed by atoms with Crippen molar-refractivity contribution in [1.82, 2.24) is 0 Å². The summed E-state index contributed by atoms with van der Waals surface area (Å²) >= 11 is 6.05. The van der Waals surface area contributed by atoms with E-state index in [1.54, 1.807) is 24.1 Å². The monoisotopic (exact) mass is 476 g/mol. The average molecular weight is 477 g/mol. The maximum Gasteiger partial charge on any atom is 0.234 e. The third-order valence-corrected chi connectivity index (χ3v) is 6.64. The predicted molar refractivity (Wildman–Crippen MR) is 137 cm³/mol. The van der Waals surface area contributed by atoms with Crippen molar-refractivity contribution in [2.45, 2.75) is 38.6 Å². The van der Waals surface area contributed by atoms with Gasteiger partial charge in [-0.3, -0.25) is 9.59 Å². The number of rotatable bonds is 6. The van der Waals surface area contributed by atoms with E-state index in [4.69, 9.17) is 16.3 Å². The summed E-state index contributed by atoms with van der Waals surface area (Å²) in [5.41, 5.74) is 3.44. The quantitative estimate of drug-likeness (QED) is 0.448. The number of nitrogens with zero attached hydrogens (tertiary/aromatic N) is 2. The summed E-state index contributed by atoms with van der Waals surface area (Å²) in [7, 11) is 1.62. The molecule has 0 saturated heterocycles. The molecule has 0 N–H and O–H groups in total. The van der Waals surface area contributed by atoms with Crippen LogP contribution in [0.3, 0.4) is 0 Å². The lowest BCUT2D eigenvalue weighted by Gasteiger charge is -2.40. The average Bonchev–Trinajstić information content (AvgIpc) is 2.85. The van der Waals surface area contributed by atoms with Gasteiger partial charge in [0, 0.05) is 29.0 Å². The maximum atomic E-state index is 13.7. The number of amides is 2. The van der Waals surface area contributed by atoms with Gasteiger partial charge in [0.25, 0.3) is 0 Å². The first-order valence-electron chi connectivity index (χ1n) is 11.5. The van der Waals surface area contributed by atoms with E-state index in [-0.39, 0.29) is 30.2 Å². The van der Waals surface area contributed by atoms with Crippen LogP contribution in [0.1, 0.15) is 37.3 Å². The summed E-state index contributed by atoms with van der Waals surface area (Å²) in [5.74, 6) is 0.481. The van der Waals surface area contributed by atoms with Crippen LogP contribution in [0.2, 0.25) is 5.02 Å². The molecule has 0 saturated carbocycles. The van der Waals surface area contributed by atoms with Gasteiger partial charge in [0.05, 0.1) is 19.4 Å². The molecule has 0 aromatic heterocycles. The Morgan fingerprint density at radius 1 is 1.03 bits per heavy atom. The molecular weight excluding hydrogens is 448 g/mol. The molecule has 34 heavy (non-hydrogen) atoms. The number of ether oxygens (including phenoxy) is 1. The lowest BCUT2D eigenvalue weighted by molar-refractivity contribution is -0.122. The number of anilines is 2. The van der Waals surface area contributed by atoms with Crippen molar-refractivity contribution < 1.29 is 14.3 Å². The number of carbonyl (C=O) groups is 2. The van der Waals surface area contributed by atoms with Crippen LogP contribution >= 0.6 is 11.6 Å². The van der Waals surface area contributed by atoms with Crippen molar-refractivity contribution in [2.24, 2.45) is 0 Å². The molecule has 0 spiro atoms. The molecule has 0 unspecified atom stereocenters. The third-order valence-electron chi connectivity index (χ3n) is 6.39. The molecule has 6 heteroatoms. The van der Waals surface area contributed by atoms with Crippen molar-refractivity contribution in [3.63, 3.8) is 0 Å². The highest BCUT2D eigenvalue weighted by atomic mass is 35.5. The van der Waals surface area contributed by atoms with E-state index < -0.39 is 0 Å². The third kappa shape index (κ3) is 4.80. The summed E-state index contributed by atoms with van der Waals surface area (Å²) in [6, 6.07) is 22.5. The Hall–Kier alpha value is -3.31. The zero-order chi connectivity index (χ0) is 24.2. The Kier molecular flexibility index (Phi) is 7.23. The van der Waals surface area contributed by atoms with Crippen molar-refractivity contribution in [1.29, 1.82) is 0 Å². The standard InChI is InChI=1S/C28H29ClN2O3/c1-4-30(22-13-11-21(29)12-14-22)28(33)25-17-19(2)31(26-8-6-5-7-24(25)26)27(32)18-20-9-15-23(34-3)16-10-20/h5-16,19,25H,4,17-18H2,1-3H3/t19-,25+/m0/s1. The fourth-order valence-corrected chi connectivity index (χ4v) is 4.83. The van der Waals surface area contributed by atoms with E-state index in [0.29, 0.717) is 18.0 Å². The molecule has 0 aliphatic carbocycles. The second-order valence-corrected chi connectivity index (χ2v) is 8.98. The van der Waals surface area contributed by atoms with E-state index in [1.165, 1.54) is 0 Å². The molecule has 5 nitrogen and oxygen atoms in total. The van der Waals surface area contributed by atoms with Gasteiger partial charge in [0.1, 0.15) is 5.75 Å². The van der Waals surface area contributed by atoms with E-state index in [2.05, 4.69) is 0 Å². The lowest BCUT2D eigenvalue weighted by atomic mass is 9.84. The molecule has 4 rings (SSSR count). The van der Waals surface area contributed by atoms with E-state index in [1.807, 2.05) is 79.4 Å². The molecule has 1 aliphatic heterocycles. The highest BCUT2D eigenvalue weighted by Crippen LogP contribution is 2.40. The molecule has 176 valence electrons. The molecule has 0 fully saturated rings. The second kappa shape index (κ2) is 10.3. The zero-order valence-corrected chi connectivity index (χ0v) is 20.5. The molecule has 2 atom stereocenters. The van der Waals surface area contributed by atoms with Gasteiger partial charge < -0.3 is 14.5 Å². The summed E-state index contributed by atoms with van der Waals surface area (Å²) in [5, 5.41) is 0.634. The Bertz CT molecular complexity index is 1160. The molecular formula is C28H29ClN2O3. The number of para-hydroxylation sites is 1. The summed E-state index contributed by atoms with van der Waals surface area (Å²) in [6.45, 7) is 4.53. The topological polar surface area (TPSA) is 49.9 Å². The first kappa shape index (κ1) is 23.8. The Labute approximate surface area is 205 Å². The molecule has 3 aromatic rings. The van der Waals surface area contributed by atoms with Gasteiger partial charge in [-0.25, -0.2) is 0 Å². The molecule has 1 aliphatic rings. The lowest BCUT2D eigenvalue weighted by Crippen LogP contribution is -2.47. The number of halogens is 1. The smallest absolute Gasteiger partial charge is 0.234 e. The minimum atomic E-state index is -0.327. The van der Waals surface area contributed by atoms with Crippen molar-refractivity contribution in [3.8, 4) is 5.75 Å². The normalized spacial score (nSPS) is 17.1. The van der Waals surface area contributed by atoms with E-state index in [9.17, 15) is 9.59 Å². The molecule has 0 radical (unpaired) electrons. The molecule has 3 aromatic carbocycles. The van der Waals surface area contributed by atoms with E-state index >= 15 is 0 Å². The molecule has 1 heterocycles. The minimum Gasteiger partial charge on any atom is -0.497 e. The fourth-order valence-electron chi connectivity index (χ4n) is 4.70. The predicted octanol–water partition coefficient (Wildman–Crippen LogP) is 5.85. The van der Waals surface area contributed by atoms with Crippen LogP contribution in [0.25, 0.3) is 0 Å². The van der Waals surface area contributed by atoms with Crippen molar-refractivity contribution in [3.05, 3.63) is 88.9 Å². The molecule has 2 amide bonds. The highest BCUT2D eigenvalue weighted by Gasteiger charge is 2.38. The number of methoxy groups -OCH3 is 1. The van der Waals surface area contributed by atoms with Gasteiger partial charge in [-0.2, -0.15) is 0 Å². The van der Waals surface area contributed by atoms with Crippen LogP contribution in [-0.2, 0) is 16.0 Å². The van der Waals surface area contributed by atoms with Gasteiger partial charge in [-0.1, -0.05) is 41.9 Å². The van der Waals surface area contributed by atoms with Gasteiger partial charge >= 0.3 is 0 Å². The Balaban J connectivity index is 1.61. The summed E-state index contributed by atoms with van der Waals surface area (Å²) in [6.07, 6.45) is 0.849. The van der Waals surface area contributed by atoms with Gasteiger partial charge in [-0.15, -0.1) is 0 Å². The van der Waals surface area contributed by atoms with Crippen LogP contribution in [0, 0.1) is 0 Å². The van der Waals surface area contributed by atoms with Crippen LogP contribution in [0.5, 0.6) is 5.75 Å². The van der Waals surface area contributed by atoms with Gasteiger partial charge in [-0.05, 0) is 73.9 Å². The summed E-state index contributed by atoms with van der Waals surface area (Å²) in [4.78, 5) is 30.8. The number of fused-ring (bicyclic) bond motifs is 1. The minimum absolute atomic E-state index is 0.0149. The maximum absolute atomic E-state index is 13.7. The number of hydrogen-bond donors (Lipinski definition) is 0. The SMILES string of the molecule is CCN(C(=O)[C@@H]1C[C@H](C)N(C(=O)Cc2ccc(OC)cc2)c2ccccc21)c1ccc(Cl)cc1. The first-order valence-corrected chi connectivity index (χ1v) is 11.9. The Morgan fingerprint density at radius 3 is 2.35 bits per heavy atom. The van der Waals surface area contributed by atoms with Crippen LogP contribution in [0.4, 0.5) is 11.4 Å². The van der Waals surface area contributed by atoms with Crippen LogP contribution in [-0.4, -0.2) is 31.5 Å². The molecule has 0 bridgehead atoms. The fraction of sp³-hybridized carbons (Fsp3) is 0.286. The van der Waals surface area contributed by atoms with Crippen LogP contribution in [0.15, 0.2) is 72.8 Å². The van der Waals surface area contributed by atoms with Crippen molar-refractivity contribution >= 4 is 34.8 Å². The second-order valence-electron chi connectivity index (χ2n) is 8.54. The van der Waals surface area contributed by atoms with Crippen LogP contribution < -0.4 is 14.5 Å². The number of benzene rings is 3. The number of carbonyl (C=O) groups excluding carboxylic acids is 2. The van der Waals surface area contributed by atoms with E-state index in [0.717, 1.165) is 28.3 Å².